The third-order valence-electron chi connectivity index (χ3n) is 4.25. The second kappa shape index (κ2) is 8.18. The molecule has 0 bridgehead atoms. The lowest BCUT2D eigenvalue weighted by molar-refractivity contribution is 0.0990. The Morgan fingerprint density at radius 3 is 2.33 bits per heavy atom. The number of carbonyl (C=O) groups excluding carboxylic acids is 2. The lowest BCUT2D eigenvalue weighted by atomic mass is 10.1. The fourth-order valence-electron chi connectivity index (χ4n) is 2.63. The van der Waals surface area contributed by atoms with E-state index in [1.165, 1.54) is 0 Å². The van der Waals surface area contributed by atoms with Crippen molar-refractivity contribution >= 4 is 39.1 Å². The monoisotopic (exact) mass is 422 g/mol. The highest BCUT2D eigenvalue weighted by molar-refractivity contribution is 9.10. The molecule has 3 rings (SSSR count). The maximum atomic E-state index is 12.7. The Balaban J connectivity index is 1.78. The van der Waals surface area contributed by atoms with Crippen molar-refractivity contribution in [2.75, 3.05) is 17.3 Å². The molecule has 2 amide bonds. The first-order valence-corrected chi connectivity index (χ1v) is 9.25. The molecule has 0 atom stereocenters. The molecule has 0 unspecified atom stereocenters. The molecule has 3 aromatic rings. The zero-order valence-corrected chi connectivity index (χ0v) is 16.7. The van der Waals surface area contributed by atoms with Crippen LogP contribution in [-0.2, 0) is 0 Å². The molecule has 136 valence electrons. The predicted molar refractivity (Wildman–Crippen MR) is 112 cm³/mol. The van der Waals surface area contributed by atoms with Crippen LogP contribution >= 0.6 is 15.9 Å². The number of halogens is 1. The van der Waals surface area contributed by atoms with Crippen molar-refractivity contribution in [3.05, 3.63) is 94.0 Å². The molecule has 0 saturated carbocycles. The summed E-state index contributed by atoms with van der Waals surface area (Å²) in [6, 6.07) is 21.8. The normalized spacial score (nSPS) is 10.3. The van der Waals surface area contributed by atoms with Gasteiger partial charge in [-0.2, -0.15) is 0 Å². The van der Waals surface area contributed by atoms with Crippen LogP contribution in [0.3, 0.4) is 0 Å². The topological polar surface area (TPSA) is 49.4 Å². The van der Waals surface area contributed by atoms with Crippen molar-refractivity contribution in [2.24, 2.45) is 0 Å². The molecular formula is C22H19BrN2O2. The largest absolute Gasteiger partial charge is 0.322 e. The van der Waals surface area contributed by atoms with E-state index in [-0.39, 0.29) is 11.8 Å². The number of para-hydroxylation sites is 1. The van der Waals surface area contributed by atoms with Gasteiger partial charge in [-0.25, -0.2) is 0 Å². The van der Waals surface area contributed by atoms with Crippen molar-refractivity contribution in [3.8, 4) is 0 Å². The molecule has 0 radical (unpaired) electrons. The van der Waals surface area contributed by atoms with Gasteiger partial charge in [0.15, 0.2) is 0 Å². The molecule has 0 fully saturated rings. The van der Waals surface area contributed by atoms with E-state index < -0.39 is 0 Å². The summed E-state index contributed by atoms with van der Waals surface area (Å²) >= 11 is 3.44. The molecule has 0 heterocycles. The number of rotatable bonds is 4. The van der Waals surface area contributed by atoms with E-state index in [1.54, 1.807) is 48.3 Å². The summed E-state index contributed by atoms with van der Waals surface area (Å²) < 4.78 is 0.878. The highest BCUT2D eigenvalue weighted by atomic mass is 79.9. The molecule has 0 aromatic heterocycles. The van der Waals surface area contributed by atoms with Crippen molar-refractivity contribution in [2.45, 2.75) is 6.92 Å². The lowest BCUT2D eigenvalue weighted by Gasteiger charge is -2.17. The second-order valence-corrected chi connectivity index (χ2v) is 7.05. The van der Waals surface area contributed by atoms with Gasteiger partial charge in [0.05, 0.1) is 0 Å². The Labute approximate surface area is 167 Å². The standard InChI is InChI=1S/C22H19BrN2O2/c1-15-11-12-16(14-20(15)23)21(26)24-18-8-6-7-17(13-18)22(27)25(2)19-9-4-3-5-10-19/h3-14H,1-2H3,(H,24,26). The molecule has 27 heavy (non-hydrogen) atoms. The molecule has 1 N–H and O–H groups in total. The van der Waals surface area contributed by atoms with E-state index in [0.717, 1.165) is 15.7 Å². The van der Waals surface area contributed by atoms with E-state index in [1.807, 2.05) is 43.3 Å². The molecule has 3 aromatic carbocycles. The zero-order valence-electron chi connectivity index (χ0n) is 15.1. The molecular weight excluding hydrogens is 404 g/mol. The average molecular weight is 423 g/mol. The van der Waals surface area contributed by atoms with Gasteiger partial charge in [0.1, 0.15) is 0 Å². The summed E-state index contributed by atoms with van der Waals surface area (Å²) in [4.78, 5) is 26.8. The smallest absolute Gasteiger partial charge is 0.258 e. The van der Waals surface area contributed by atoms with Crippen LogP contribution in [0.4, 0.5) is 11.4 Å². The number of hydrogen-bond acceptors (Lipinski definition) is 2. The highest BCUT2D eigenvalue weighted by Gasteiger charge is 2.14. The summed E-state index contributed by atoms with van der Waals surface area (Å²) in [6.45, 7) is 1.96. The number of hydrogen-bond donors (Lipinski definition) is 1. The molecule has 0 saturated heterocycles. The lowest BCUT2D eigenvalue weighted by Crippen LogP contribution is -2.26. The summed E-state index contributed by atoms with van der Waals surface area (Å²) in [6.07, 6.45) is 0. The van der Waals surface area contributed by atoms with Crippen LogP contribution in [0.2, 0.25) is 0 Å². The minimum Gasteiger partial charge on any atom is -0.322 e. The van der Waals surface area contributed by atoms with Gasteiger partial charge < -0.3 is 10.2 Å². The summed E-state index contributed by atoms with van der Waals surface area (Å²) in [5.41, 5.74) is 3.49. The zero-order chi connectivity index (χ0) is 19.4. The van der Waals surface area contributed by atoms with Gasteiger partial charge in [0.2, 0.25) is 0 Å². The molecule has 5 heteroatoms. The van der Waals surface area contributed by atoms with Gasteiger partial charge in [0, 0.05) is 34.0 Å². The highest BCUT2D eigenvalue weighted by Crippen LogP contribution is 2.20. The summed E-state index contributed by atoms with van der Waals surface area (Å²) in [7, 11) is 1.73. The third kappa shape index (κ3) is 4.44. The van der Waals surface area contributed by atoms with E-state index in [0.29, 0.717) is 16.8 Å². The number of aryl methyl sites for hydroxylation is 1. The maximum absolute atomic E-state index is 12.7. The van der Waals surface area contributed by atoms with Crippen LogP contribution in [0, 0.1) is 6.92 Å². The molecule has 0 spiro atoms. The van der Waals surface area contributed by atoms with Gasteiger partial charge in [-0.1, -0.05) is 46.3 Å². The Bertz CT molecular complexity index is 987. The number of nitrogens with zero attached hydrogens (tertiary/aromatic N) is 1. The number of benzene rings is 3. The summed E-state index contributed by atoms with van der Waals surface area (Å²) in [5.74, 6) is -0.368. The molecule has 0 aliphatic carbocycles. The van der Waals surface area contributed by atoms with Gasteiger partial charge >= 0.3 is 0 Å². The maximum Gasteiger partial charge on any atom is 0.258 e. The van der Waals surface area contributed by atoms with Gasteiger partial charge in [-0.3, -0.25) is 9.59 Å². The summed E-state index contributed by atoms with van der Waals surface area (Å²) in [5, 5.41) is 2.85. The van der Waals surface area contributed by atoms with Gasteiger partial charge in [0.25, 0.3) is 11.8 Å². The van der Waals surface area contributed by atoms with E-state index in [2.05, 4.69) is 21.2 Å². The quantitative estimate of drug-likeness (QED) is 0.620. The predicted octanol–water partition coefficient (Wildman–Crippen LogP) is 5.29. The first kappa shape index (κ1) is 18.9. The Morgan fingerprint density at radius 2 is 1.63 bits per heavy atom. The van der Waals surface area contributed by atoms with Crippen LogP contribution in [0.5, 0.6) is 0 Å². The average Bonchev–Trinajstić information content (AvgIpc) is 2.69. The fourth-order valence-corrected chi connectivity index (χ4v) is 3.01. The minimum atomic E-state index is -0.225. The number of anilines is 2. The van der Waals surface area contributed by atoms with Crippen LogP contribution in [0.25, 0.3) is 0 Å². The van der Waals surface area contributed by atoms with Gasteiger partial charge in [-0.05, 0) is 55.0 Å². The van der Waals surface area contributed by atoms with Crippen molar-refractivity contribution in [3.63, 3.8) is 0 Å². The number of amides is 2. The third-order valence-corrected chi connectivity index (χ3v) is 5.10. The second-order valence-electron chi connectivity index (χ2n) is 6.20. The first-order chi connectivity index (χ1) is 13.0. The molecule has 0 aliphatic rings. The first-order valence-electron chi connectivity index (χ1n) is 8.46. The van der Waals surface area contributed by atoms with Crippen molar-refractivity contribution in [1.29, 1.82) is 0 Å². The number of nitrogens with one attached hydrogen (secondary N) is 1. The number of carbonyl (C=O) groups is 2. The van der Waals surface area contributed by atoms with E-state index >= 15 is 0 Å². The Hall–Kier alpha value is -2.92. The van der Waals surface area contributed by atoms with E-state index in [9.17, 15) is 9.59 Å². The Kier molecular flexibility index (Phi) is 5.72. The van der Waals surface area contributed by atoms with Crippen LogP contribution in [-0.4, -0.2) is 18.9 Å². The van der Waals surface area contributed by atoms with Crippen molar-refractivity contribution in [1.82, 2.24) is 0 Å². The van der Waals surface area contributed by atoms with E-state index in [4.69, 9.17) is 0 Å². The fraction of sp³-hybridized carbons (Fsp3) is 0.0909. The SMILES string of the molecule is Cc1ccc(C(=O)Nc2cccc(C(=O)N(C)c3ccccc3)c2)cc1Br. The van der Waals surface area contributed by atoms with Crippen molar-refractivity contribution < 1.29 is 9.59 Å². The minimum absolute atomic E-state index is 0.143. The molecule has 4 nitrogen and oxygen atoms in total. The Morgan fingerprint density at radius 1 is 0.889 bits per heavy atom. The van der Waals surface area contributed by atoms with Crippen LogP contribution in [0.1, 0.15) is 26.3 Å². The molecule has 0 aliphatic heterocycles. The van der Waals surface area contributed by atoms with Crippen LogP contribution in [0.15, 0.2) is 77.3 Å². The van der Waals surface area contributed by atoms with Gasteiger partial charge in [-0.15, -0.1) is 0 Å². The van der Waals surface area contributed by atoms with Crippen LogP contribution < -0.4 is 10.2 Å².